The second-order valence-corrected chi connectivity index (χ2v) is 9.86. The van der Waals surface area contributed by atoms with Crippen molar-refractivity contribution in [2.45, 2.75) is 58.8 Å². The zero-order valence-electron chi connectivity index (χ0n) is 19.8. The molecule has 2 amide bonds. The maximum Gasteiger partial charge on any atom is 0.259 e. The first kappa shape index (κ1) is 23.2. The first-order chi connectivity index (χ1) is 15.8. The van der Waals surface area contributed by atoms with Gasteiger partial charge in [0.2, 0.25) is 5.91 Å². The molecule has 0 saturated carbocycles. The van der Waals surface area contributed by atoms with Crippen LogP contribution in [0.1, 0.15) is 50.3 Å². The van der Waals surface area contributed by atoms with E-state index in [-0.39, 0.29) is 17.7 Å². The Morgan fingerprint density at radius 1 is 1.15 bits per heavy atom. The number of amidine groups is 2. The number of nitrogens with one attached hydrogen (secondary N) is 1. The number of aryl methyl sites for hydroxylation is 2. The number of anilines is 1. The molecule has 0 aliphatic carbocycles. The van der Waals surface area contributed by atoms with Gasteiger partial charge in [-0.25, -0.2) is 9.89 Å². The number of thioether (sulfide) groups is 1. The zero-order chi connectivity index (χ0) is 23.7. The molecule has 6 nitrogen and oxygen atoms in total. The Morgan fingerprint density at radius 3 is 2.64 bits per heavy atom. The molecule has 2 aliphatic rings. The summed E-state index contributed by atoms with van der Waals surface area (Å²) in [5, 5.41) is 3.19. The minimum atomic E-state index is -0.425. The number of hydrogen-bond acceptors (Lipinski definition) is 5. The molecule has 7 heteroatoms. The van der Waals surface area contributed by atoms with Crippen LogP contribution in [0.3, 0.4) is 0 Å². The largest absolute Gasteiger partial charge is 0.325 e. The normalized spacial score (nSPS) is 18.8. The molecule has 0 radical (unpaired) electrons. The van der Waals surface area contributed by atoms with Crippen LogP contribution in [-0.4, -0.2) is 39.0 Å². The highest BCUT2D eigenvalue weighted by molar-refractivity contribution is 8.15. The number of benzene rings is 2. The lowest BCUT2D eigenvalue weighted by Crippen LogP contribution is -2.43. The number of carbonyl (C=O) groups is 2. The number of carbonyl (C=O) groups excluding carboxylic acids is 2. The van der Waals surface area contributed by atoms with E-state index in [0.29, 0.717) is 17.4 Å². The van der Waals surface area contributed by atoms with E-state index < -0.39 is 11.3 Å². The summed E-state index contributed by atoms with van der Waals surface area (Å²) in [4.78, 5) is 37.8. The summed E-state index contributed by atoms with van der Waals surface area (Å²) in [6, 6.07) is 13.3. The van der Waals surface area contributed by atoms with Gasteiger partial charge in [-0.15, -0.1) is 0 Å². The predicted molar refractivity (Wildman–Crippen MR) is 136 cm³/mol. The summed E-state index contributed by atoms with van der Waals surface area (Å²) >= 11 is 1.33. The van der Waals surface area contributed by atoms with Crippen LogP contribution in [0.5, 0.6) is 0 Å². The van der Waals surface area contributed by atoms with Gasteiger partial charge < -0.3 is 5.32 Å². The maximum atomic E-state index is 13.4. The Kier molecular flexibility index (Phi) is 6.70. The lowest BCUT2D eigenvalue weighted by molar-refractivity contribution is -0.125. The Hall–Kier alpha value is -2.93. The molecular weight excluding hydrogens is 432 g/mol. The van der Waals surface area contributed by atoms with Crippen LogP contribution in [0.15, 0.2) is 52.4 Å². The predicted octanol–water partition coefficient (Wildman–Crippen LogP) is 5.46. The molecule has 0 bridgehead atoms. The van der Waals surface area contributed by atoms with Crippen LogP contribution < -0.4 is 5.32 Å². The number of aliphatic imine (C=N–C) groups is 2. The van der Waals surface area contributed by atoms with E-state index in [1.807, 2.05) is 70.2 Å². The van der Waals surface area contributed by atoms with Gasteiger partial charge in [-0.2, -0.15) is 0 Å². The fourth-order valence-electron chi connectivity index (χ4n) is 3.98. The van der Waals surface area contributed by atoms with Crippen molar-refractivity contribution in [2.75, 3.05) is 5.32 Å². The van der Waals surface area contributed by atoms with Gasteiger partial charge in [0.15, 0.2) is 5.17 Å². The molecular formula is C26H30N4O2S. The van der Waals surface area contributed by atoms with Crippen molar-refractivity contribution in [2.24, 2.45) is 15.9 Å². The smallest absolute Gasteiger partial charge is 0.259 e. The summed E-state index contributed by atoms with van der Waals surface area (Å²) in [5.41, 5.74) is 4.54. The molecule has 3 unspecified atom stereocenters. The molecule has 2 aromatic carbocycles. The summed E-state index contributed by atoms with van der Waals surface area (Å²) in [6.07, 6.45) is 1.46. The third kappa shape index (κ3) is 4.47. The summed E-state index contributed by atoms with van der Waals surface area (Å²) < 4.78 is 0. The maximum absolute atomic E-state index is 13.4. The van der Waals surface area contributed by atoms with Gasteiger partial charge in [-0.1, -0.05) is 63.2 Å². The molecule has 2 aliphatic heterocycles. The van der Waals surface area contributed by atoms with E-state index in [0.717, 1.165) is 34.5 Å². The molecule has 33 heavy (non-hydrogen) atoms. The lowest BCUT2D eigenvalue weighted by atomic mass is 10.00. The minimum absolute atomic E-state index is 0.0649. The number of rotatable bonds is 6. The number of fused-ring (bicyclic) bond motifs is 3. The zero-order valence-corrected chi connectivity index (χ0v) is 20.6. The highest BCUT2D eigenvalue weighted by Crippen LogP contribution is 2.36. The third-order valence-corrected chi connectivity index (χ3v) is 7.56. The first-order valence-electron chi connectivity index (χ1n) is 11.5. The highest BCUT2D eigenvalue weighted by Gasteiger charge is 2.43. The molecule has 172 valence electrons. The molecule has 2 heterocycles. The van der Waals surface area contributed by atoms with Gasteiger partial charge >= 0.3 is 0 Å². The molecule has 0 fully saturated rings. The molecule has 2 aromatic rings. The van der Waals surface area contributed by atoms with Crippen molar-refractivity contribution in [3.05, 3.63) is 59.2 Å². The second kappa shape index (κ2) is 9.51. The SMILES string of the molecule is CCC(SC1=Nc2ccccc2C2=NC(C(C)CC)C(=O)N12)C(=O)Nc1cc(C)ccc1C. The number of nitrogens with zero attached hydrogens (tertiary/aromatic N) is 3. The van der Waals surface area contributed by atoms with Crippen molar-refractivity contribution >= 4 is 46.0 Å². The molecule has 4 rings (SSSR count). The Balaban J connectivity index is 1.64. The van der Waals surface area contributed by atoms with Crippen LogP contribution in [-0.2, 0) is 9.59 Å². The lowest BCUT2D eigenvalue weighted by Gasteiger charge is -2.28. The van der Waals surface area contributed by atoms with Gasteiger partial charge in [0, 0.05) is 11.3 Å². The molecule has 3 atom stereocenters. The van der Waals surface area contributed by atoms with Crippen LogP contribution >= 0.6 is 11.8 Å². The summed E-state index contributed by atoms with van der Waals surface area (Å²) in [6.45, 7) is 10.1. The van der Waals surface area contributed by atoms with E-state index in [4.69, 9.17) is 9.98 Å². The fourth-order valence-corrected chi connectivity index (χ4v) is 5.00. The molecule has 1 N–H and O–H groups in total. The monoisotopic (exact) mass is 462 g/mol. The molecule has 0 saturated heterocycles. The van der Waals surface area contributed by atoms with Crippen LogP contribution in [0.2, 0.25) is 0 Å². The van der Waals surface area contributed by atoms with Crippen molar-refractivity contribution in [1.29, 1.82) is 0 Å². The molecule has 0 spiro atoms. The fraction of sp³-hybridized carbons (Fsp3) is 0.385. The van der Waals surface area contributed by atoms with Crippen molar-refractivity contribution < 1.29 is 9.59 Å². The highest BCUT2D eigenvalue weighted by atomic mass is 32.2. The Bertz CT molecular complexity index is 1160. The standard InChI is InChI=1S/C26H30N4O2S/c1-6-16(4)22-25(32)30-23(29-22)18-10-8-9-11-19(18)28-26(30)33-21(7-2)24(31)27-20-14-15(3)12-13-17(20)5/h8-14,16,21-22H,6-7H2,1-5H3,(H,27,31). The topological polar surface area (TPSA) is 74.1 Å². The van der Waals surface area contributed by atoms with Crippen molar-refractivity contribution in [3.63, 3.8) is 0 Å². The van der Waals surface area contributed by atoms with E-state index in [2.05, 4.69) is 12.2 Å². The molecule has 0 aromatic heterocycles. The quantitative estimate of drug-likeness (QED) is 0.620. The van der Waals surface area contributed by atoms with E-state index in [1.54, 1.807) is 4.90 Å². The van der Waals surface area contributed by atoms with Crippen molar-refractivity contribution in [3.8, 4) is 0 Å². The average Bonchev–Trinajstić information content (AvgIpc) is 3.17. The summed E-state index contributed by atoms with van der Waals surface area (Å²) in [5.74, 6) is 0.609. The minimum Gasteiger partial charge on any atom is -0.325 e. The van der Waals surface area contributed by atoms with Gasteiger partial charge in [0.1, 0.15) is 11.9 Å². The Morgan fingerprint density at radius 2 is 1.91 bits per heavy atom. The number of amides is 2. The van der Waals surface area contributed by atoms with Gasteiger partial charge in [-0.05, 0) is 55.5 Å². The third-order valence-electron chi connectivity index (χ3n) is 6.24. The van der Waals surface area contributed by atoms with Crippen LogP contribution in [0.4, 0.5) is 11.4 Å². The number of para-hydroxylation sites is 1. The van der Waals surface area contributed by atoms with Crippen LogP contribution in [0, 0.1) is 19.8 Å². The van der Waals surface area contributed by atoms with Gasteiger partial charge in [0.05, 0.1) is 10.9 Å². The second-order valence-electron chi connectivity index (χ2n) is 8.69. The summed E-state index contributed by atoms with van der Waals surface area (Å²) in [7, 11) is 0. The van der Waals surface area contributed by atoms with Crippen molar-refractivity contribution in [1.82, 2.24) is 4.90 Å². The first-order valence-corrected chi connectivity index (χ1v) is 12.4. The number of hydrogen-bond donors (Lipinski definition) is 1. The van der Waals surface area contributed by atoms with Crippen LogP contribution in [0.25, 0.3) is 0 Å². The van der Waals surface area contributed by atoms with E-state index in [1.165, 1.54) is 11.8 Å². The average molecular weight is 463 g/mol. The van der Waals surface area contributed by atoms with Gasteiger partial charge in [0.25, 0.3) is 5.91 Å². The Labute approximate surface area is 199 Å². The van der Waals surface area contributed by atoms with E-state index >= 15 is 0 Å². The van der Waals surface area contributed by atoms with Gasteiger partial charge in [-0.3, -0.25) is 14.6 Å². The van der Waals surface area contributed by atoms with E-state index in [9.17, 15) is 9.59 Å².